The van der Waals surface area contributed by atoms with Crippen LogP contribution in [0.2, 0.25) is 0 Å². The Kier molecular flexibility index (Phi) is 7.09. The van der Waals surface area contributed by atoms with Crippen molar-refractivity contribution >= 4 is 28.4 Å². The van der Waals surface area contributed by atoms with E-state index in [1.807, 2.05) is 32.0 Å². The van der Waals surface area contributed by atoms with Crippen molar-refractivity contribution in [3.8, 4) is 22.1 Å². The van der Waals surface area contributed by atoms with Gasteiger partial charge in [0.25, 0.3) is 0 Å². The Balaban J connectivity index is 1.39. The molecule has 0 saturated heterocycles. The van der Waals surface area contributed by atoms with Crippen molar-refractivity contribution in [2.45, 2.75) is 64.5 Å². The Morgan fingerprint density at radius 1 is 1.16 bits per heavy atom. The van der Waals surface area contributed by atoms with E-state index in [1.165, 1.54) is 17.8 Å². The molecule has 1 fully saturated rings. The highest BCUT2D eigenvalue weighted by Crippen LogP contribution is 2.37. The fraction of sp³-hybridized carbons (Fsp3) is 0.545. The fourth-order valence-electron chi connectivity index (χ4n) is 3.92. The van der Waals surface area contributed by atoms with Gasteiger partial charge in [0.15, 0.2) is 11.5 Å². The third-order valence-corrected chi connectivity index (χ3v) is 6.88. The fourth-order valence-corrected chi connectivity index (χ4v) is 4.66. The molecule has 1 aromatic heterocycles. The normalized spacial score (nSPS) is 17.4. The van der Waals surface area contributed by atoms with Crippen LogP contribution in [0.25, 0.3) is 10.6 Å². The Bertz CT molecular complexity index is 960. The number of hydrogen-bond donors (Lipinski definition) is 3. The molecule has 3 amide bonds. The van der Waals surface area contributed by atoms with Crippen molar-refractivity contribution in [3.05, 3.63) is 18.2 Å². The topological polar surface area (TPSA) is 114 Å². The summed E-state index contributed by atoms with van der Waals surface area (Å²) in [4.78, 5) is 25.5. The molecule has 2 aliphatic rings. The van der Waals surface area contributed by atoms with Crippen LogP contribution in [0.15, 0.2) is 18.2 Å². The number of urea groups is 1. The van der Waals surface area contributed by atoms with Gasteiger partial charge in [-0.15, -0.1) is 10.2 Å². The smallest absolute Gasteiger partial charge is 0.315 e. The molecule has 0 spiro atoms. The molecule has 2 aromatic rings. The van der Waals surface area contributed by atoms with Crippen molar-refractivity contribution in [3.63, 3.8) is 0 Å². The molecule has 9 nitrogen and oxygen atoms in total. The molecule has 1 aliphatic carbocycles. The molecular formula is C22H29N5O4S. The second-order valence-corrected chi connectivity index (χ2v) is 9.26. The molecule has 2 atom stereocenters. The number of aromatic nitrogens is 2. The number of benzene rings is 1. The van der Waals surface area contributed by atoms with E-state index in [0.29, 0.717) is 21.6 Å². The molecule has 0 bridgehead atoms. The van der Waals surface area contributed by atoms with E-state index >= 15 is 0 Å². The summed E-state index contributed by atoms with van der Waals surface area (Å²) in [5.74, 6) is 1.02. The van der Waals surface area contributed by atoms with Gasteiger partial charge < -0.3 is 20.1 Å². The van der Waals surface area contributed by atoms with Gasteiger partial charge in [-0.05, 0) is 37.0 Å². The Labute approximate surface area is 191 Å². The number of carbonyl (C=O) groups is 2. The molecule has 1 aliphatic heterocycles. The number of nitrogens with zero attached hydrogens (tertiary/aromatic N) is 2. The second-order valence-electron chi connectivity index (χ2n) is 8.29. The number of hydrogen-bond acceptors (Lipinski definition) is 7. The molecule has 1 saturated carbocycles. The van der Waals surface area contributed by atoms with Crippen LogP contribution in [0, 0.1) is 5.92 Å². The Hall–Kier alpha value is -2.88. The molecule has 10 heteroatoms. The number of ether oxygens (including phenoxy) is 2. The lowest BCUT2D eigenvalue weighted by atomic mass is 9.95. The number of carbonyl (C=O) groups excluding carboxylic acids is 2. The van der Waals surface area contributed by atoms with Crippen LogP contribution in [0.5, 0.6) is 11.5 Å². The maximum atomic E-state index is 13.0. The molecule has 0 radical (unpaired) electrons. The number of nitrogens with one attached hydrogen (secondary N) is 3. The van der Waals surface area contributed by atoms with Crippen LogP contribution in [0.4, 0.5) is 9.93 Å². The SMILES string of the molecule is CCC(C)C(NC(=O)NC1CCCCC1)C(=O)Nc1nnc(-c2ccc3c(c2)OCO3)s1. The first-order chi connectivity index (χ1) is 15.5. The number of fused-ring (bicyclic) bond motifs is 1. The molecule has 1 aromatic carbocycles. The summed E-state index contributed by atoms with van der Waals surface area (Å²) in [5.41, 5.74) is 0.829. The van der Waals surface area contributed by atoms with Gasteiger partial charge in [-0.1, -0.05) is 50.9 Å². The molecule has 2 heterocycles. The highest BCUT2D eigenvalue weighted by molar-refractivity contribution is 7.18. The molecule has 3 N–H and O–H groups in total. The van der Waals surface area contributed by atoms with Gasteiger partial charge in [-0.2, -0.15) is 0 Å². The minimum Gasteiger partial charge on any atom is -0.454 e. The lowest BCUT2D eigenvalue weighted by molar-refractivity contribution is -0.119. The van der Waals surface area contributed by atoms with Gasteiger partial charge in [0.2, 0.25) is 17.8 Å². The van der Waals surface area contributed by atoms with Gasteiger partial charge in [-0.25, -0.2) is 4.79 Å². The van der Waals surface area contributed by atoms with Crippen molar-refractivity contribution in [1.82, 2.24) is 20.8 Å². The van der Waals surface area contributed by atoms with Gasteiger partial charge in [0.1, 0.15) is 11.0 Å². The van der Waals surface area contributed by atoms with Crippen LogP contribution in [0.3, 0.4) is 0 Å². The monoisotopic (exact) mass is 459 g/mol. The minimum absolute atomic E-state index is 0.0339. The van der Waals surface area contributed by atoms with Crippen molar-refractivity contribution in [2.24, 2.45) is 5.92 Å². The first kappa shape index (κ1) is 22.3. The van der Waals surface area contributed by atoms with E-state index in [-0.39, 0.29) is 30.7 Å². The summed E-state index contributed by atoms with van der Waals surface area (Å²) in [7, 11) is 0. The summed E-state index contributed by atoms with van der Waals surface area (Å²) in [6.45, 7) is 4.15. The summed E-state index contributed by atoms with van der Waals surface area (Å²) in [5, 5.41) is 18.0. The van der Waals surface area contributed by atoms with Crippen LogP contribution >= 0.6 is 11.3 Å². The predicted octanol–water partition coefficient (Wildman–Crippen LogP) is 3.92. The highest BCUT2D eigenvalue weighted by atomic mass is 32.1. The third-order valence-electron chi connectivity index (χ3n) is 6.00. The van der Waals surface area contributed by atoms with Gasteiger partial charge in [-0.3, -0.25) is 10.1 Å². The summed E-state index contributed by atoms with van der Waals surface area (Å²) < 4.78 is 10.7. The molecular weight excluding hydrogens is 430 g/mol. The van der Waals surface area contributed by atoms with Gasteiger partial charge >= 0.3 is 6.03 Å². The average molecular weight is 460 g/mol. The number of amides is 3. The van der Waals surface area contributed by atoms with E-state index in [9.17, 15) is 9.59 Å². The molecule has 2 unspecified atom stereocenters. The first-order valence-corrected chi connectivity index (χ1v) is 12.0. The largest absolute Gasteiger partial charge is 0.454 e. The minimum atomic E-state index is -0.665. The zero-order valence-electron chi connectivity index (χ0n) is 18.3. The van der Waals surface area contributed by atoms with Crippen LogP contribution in [0.1, 0.15) is 52.4 Å². The van der Waals surface area contributed by atoms with Crippen LogP contribution in [-0.4, -0.2) is 41.0 Å². The number of anilines is 1. The predicted molar refractivity (Wildman–Crippen MR) is 122 cm³/mol. The zero-order valence-corrected chi connectivity index (χ0v) is 19.2. The summed E-state index contributed by atoms with van der Waals surface area (Å²) >= 11 is 1.26. The van der Waals surface area contributed by atoms with E-state index in [0.717, 1.165) is 37.7 Å². The first-order valence-electron chi connectivity index (χ1n) is 11.1. The summed E-state index contributed by atoms with van der Waals surface area (Å²) in [6.07, 6.45) is 6.20. The van der Waals surface area contributed by atoms with Crippen LogP contribution < -0.4 is 25.4 Å². The number of rotatable bonds is 7. The zero-order chi connectivity index (χ0) is 22.5. The average Bonchev–Trinajstić information content (AvgIpc) is 3.46. The highest BCUT2D eigenvalue weighted by Gasteiger charge is 2.28. The van der Waals surface area contributed by atoms with Crippen molar-refractivity contribution in [1.29, 1.82) is 0 Å². The van der Waals surface area contributed by atoms with Crippen molar-refractivity contribution in [2.75, 3.05) is 12.1 Å². The van der Waals surface area contributed by atoms with E-state index in [1.54, 1.807) is 0 Å². The van der Waals surface area contributed by atoms with Crippen molar-refractivity contribution < 1.29 is 19.1 Å². The second kappa shape index (κ2) is 10.2. The maximum Gasteiger partial charge on any atom is 0.315 e. The lowest BCUT2D eigenvalue weighted by Crippen LogP contribution is -2.53. The molecule has 32 heavy (non-hydrogen) atoms. The molecule has 4 rings (SSSR count). The Morgan fingerprint density at radius 3 is 2.72 bits per heavy atom. The maximum absolute atomic E-state index is 13.0. The quantitative estimate of drug-likeness (QED) is 0.578. The van der Waals surface area contributed by atoms with E-state index in [2.05, 4.69) is 26.1 Å². The lowest BCUT2D eigenvalue weighted by Gasteiger charge is -2.26. The van der Waals surface area contributed by atoms with E-state index in [4.69, 9.17) is 9.47 Å². The van der Waals surface area contributed by atoms with Gasteiger partial charge in [0, 0.05) is 11.6 Å². The van der Waals surface area contributed by atoms with Crippen LogP contribution in [-0.2, 0) is 4.79 Å². The van der Waals surface area contributed by atoms with Gasteiger partial charge in [0.05, 0.1) is 0 Å². The molecule has 172 valence electrons. The third kappa shape index (κ3) is 5.29. The Morgan fingerprint density at radius 2 is 1.94 bits per heavy atom. The standard InChI is InChI=1S/C22H29N5O4S/c1-3-13(2)18(24-21(29)23-15-7-5-4-6-8-15)19(28)25-22-27-26-20(32-22)14-9-10-16-17(11-14)31-12-30-16/h9-11,13,15,18H,3-8,12H2,1-2H3,(H2,23,24,29)(H,25,27,28). The van der Waals surface area contributed by atoms with E-state index < -0.39 is 6.04 Å². The summed E-state index contributed by atoms with van der Waals surface area (Å²) in [6, 6.07) is 4.76.